The lowest BCUT2D eigenvalue weighted by atomic mass is 10.1. The minimum atomic E-state index is -0.166. The summed E-state index contributed by atoms with van der Waals surface area (Å²) in [6.07, 6.45) is 2.13. The Morgan fingerprint density at radius 1 is 1.24 bits per heavy atom. The number of hydrogen-bond acceptors (Lipinski definition) is 3. The molecule has 0 bridgehead atoms. The van der Waals surface area contributed by atoms with E-state index in [2.05, 4.69) is 21.3 Å². The van der Waals surface area contributed by atoms with Gasteiger partial charge >= 0.3 is 6.03 Å². The molecule has 0 radical (unpaired) electrons. The Balaban J connectivity index is 1.85. The van der Waals surface area contributed by atoms with Gasteiger partial charge in [0.25, 0.3) is 0 Å². The molecular formula is C15H22N4O2. The van der Waals surface area contributed by atoms with Gasteiger partial charge in [-0.3, -0.25) is 4.79 Å². The van der Waals surface area contributed by atoms with E-state index in [1.54, 1.807) is 7.05 Å². The van der Waals surface area contributed by atoms with E-state index in [4.69, 9.17) is 0 Å². The summed E-state index contributed by atoms with van der Waals surface area (Å²) in [5.74, 6) is -0.0454. The quantitative estimate of drug-likeness (QED) is 0.638. The van der Waals surface area contributed by atoms with Crippen LogP contribution in [0.1, 0.15) is 31.4 Å². The summed E-state index contributed by atoms with van der Waals surface area (Å²) in [4.78, 5) is 23.1. The van der Waals surface area contributed by atoms with Crippen molar-refractivity contribution in [2.24, 2.45) is 0 Å². The topological polar surface area (TPSA) is 82.3 Å². The normalized spacial score (nSPS) is 15.1. The first-order valence-corrected chi connectivity index (χ1v) is 7.20. The SMILES string of the molecule is CNCC(=O)NC(C)c1ccc(NC(=O)NC2CC2)cc1. The van der Waals surface area contributed by atoms with Crippen LogP contribution in [0.25, 0.3) is 0 Å². The first kappa shape index (κ1) is 15.3. The lowest BCUT2D eigenvalue weighted by Crippen LogP contribution is -2.34. The second-order valence-electron chi connectivity index (χ2n) is 5.31. The molecule has 0 saturated heterocycles. The molecule has 1 aliphatic carbocycles. The van der Waals surface area contributed by atoms with Crippen LogP contribution in [0.4, 0.5) is 10.5 Å². The molecule has 2 rings (SSSR count). The molecule has 4 N–H and O–H groups in total. The molecule has 1 atom stereocenters. The molecule has 0 heterocycles. The third-order valence-electron chi connectivity index (χ3n) is 3.30. The van der Waals surface area contributed by atoms with Crippen LogP contribution in [0.15, 0.2) is 24.3 Å². The molecule has 0 aromatic heterocycles. The summed E-state index contributed by atoms with van der Waals surface area (Å²) in [5.41, 5.74) is 1.73. The van der Waals surface area contributed by atoms with Crippen molar-refractivity contribution in [1.82, 2.24) is 16.0 Å². The summed E-state index contributed by atoms with van der Waals surface area (Å²) in [6.45, 7) is 2.22. The van der Waals surface area contributed by atoms with Crippen molar-refractivity contribution in [2.75, 3.05) is 18.9 Å². The molecular weight excluding hydrogens is 268 g/mol. The Kier molecular flexibility index (Phi) is 5.16. The molecule has 1 saturated carbocycles. The van der Waals surface area contributed by atoms with Crippen molar-refractivity contribution in [3.05, 3.63) is 29.8 Å². The fraction of sp³-hybridized carbons (Fsp3) is 0.467. The number of urea groups is 1. The van der Waals surface area contributed by atoms with Crippen molar-refractivity contribution < 1.29 is 9.59 Å². The number of anilines is 1. The minimum Gasteiger partial charge on any atom is -0.348 e. The second-order valence-corrected chi connectivity index (χ2v) is 5.31. The summed E-state index contributed by atoms with van der Waals surface area (Å²) in [5, 5.41) is 11.4. The third kappa shape index (κ3) is 5.07. The number of carbonyl (C=O) groups excluding carboxylic acids is 2. The number of likely N-dealkylation sites (N-methyl/N-ethyl adjacent to an activating group) is 1. The summed E-state index contributed by atoms with van der Waals surface area (Å²) in [6, 6.07) is 7.58. The first-order valence-electron chi connectivity index (χ1n) is 7.20. The Bertz CT molecular complexity index is 497. The number of carbonyl (C=O) groups is 2. The van der Waals surface area contributed by atoms with Crippen molar-refractivity contribution in [3.63, 3.8) is 0 Å². The van der Waals surface area contributed by atoms with Gasteiger partial charge in [-0.25, -0.2) is 4.79 Å². The summed E-state index contributed by atoms with van der Waals surface area (Å²) >= 11 is 0. The van der Waals surface area contributed by atoms with Crippen molar-refractivity contribution in [1.29, 1.82) is 0 Å². The number of rotatable bonds is 6. The molecule has 21 heavy (non-hydrogen) atoms. The van der Waals surface area contributed by atoms with Crippen LogP contribution in [0.3, 0.4) is 0 Å². The lowest BCUT2D eigenvalue weighted by Gasteiger charge is -2.15. The standard InChI is InChI=1S/C15H22N4O2/c1-10(17-14(20)9-16-2)11-3-5-12(6-4-11)18-15(21)19-13-7-8-13/h3-6,10,13,16H,7-9H2,1-2H3,(H,17,20)(H2,18,19,21). The van der Waals surface area contributed by atoms with E-state index in [0.717, 1.165) is 24.1 Å². The van der Waals surface area contributed by atoms with Crippen LogP contribution in [0, 0.1) is 0 Å². The molecule has 1 aromatic carbocycles. The molecule has 0 spiro atoms. The maximum Gasteiger partial charge on any atom is 0.319 e. The molecule has 1 aromatic rings. The molecule has 1 unspecified atom stereocenters. The van der Waals surface area contributed by atoms with Gasteiger partial charge in [-0.15, -0.1) is 0 Å². The Labute approximate surface area is 124 Å². The van der Waals surface area contributed by atoms with Crippen LogP contribution < -0.4 is 21.3 Å². The van der Waals surface area contributed by atoms with E-state index >= 15 is 0 Å². The van der Waals surface area contributed by atoms with E-state index in [0.29, 0.717) is 12.6 Å². The molecule has 1 aliphatic rings. The molecule has 3 amide bonds. The van der Waals surface area contributed by atoms with Crippen molar-refractivity contribution in [2.45, 2.75) is 31.8 Å². The van der Waals surface area contributed by atoms with E-state index in [9.17, 15) is 9.59 Å². The largest absolute Gasteiger partial charge is 0.348 e. The van der Waals surface area contributed by atoms with E-state index < -0.39 is 0 Å². The highest BCUT2D eigenvalue weighted by atomic mass is 16.2. The number of amides is 3. The number of benzene rings is 1. The van der Waals surface area contributed by atoms with E-state index in [1.807, 2.05) is 31.2 Å². The van der Waals surface area contributed by atoms with Gasteiger partial charge < -0.3 is 21.3 Å². The van der Waals surface area contributed by atoms with Gasteiger partial charge in [-0.1, -0.05) is 12.1 Å². The third-order valence-corrected chi connectivity index (χ3v) is 3.30. The van der Waals surface area contributed by atoms with Gasteiger partial charge in [0.1, 0.15) is 0 Å². The number of hydrogen-bond donors (Lipinski definition) is 4. The molecule has 0 aliphatic heterocycles. The number of nitrogens with one attached hydrogen (secondary N) is 4. The highest BCUT2D eigenvalue weighted by Crippen LogP contribution is 2.19. The smallest absolute Gasteiger partial charge is 0.319 e. The highest BCUT2D eigenvalue weighted by molar-refractivity contribution is 5.89. The fourth-order valence-electron chi connectivity index (χ4n) is 1.97. The summed E-state index contributed by atoms with van der Waals surface area (Å²) < 4.78 is 0. The Morgan fingerprint density at radius 2 is 1.90 bits per heavy atom. The maximum atomic E-state index is 11.6. The van der Waals surface area contributed by atoms with Gasteiger partial charge in [0.05, 0.1) is 12.6 Å². The highest BCUT2D eigenvalue weighted by Gasteiger charge is 2.23. The predicted molar refractivity (Wildman–Crippen MR) is 82.1 cm³/mol. The lowest BCUT2D eigenvalue weighted by molar-refractivity contribution is -0.120. The zero-order valence-corrected chi connectivity index (χ0v) is 12.4. The second kappa shape index (κ2) is 7.08. The van der Waals surface area contributed by atoms with Gasteiger partial charge in [-0.05, 0) is 44.5 Å². The molecule has 6 nitrogen and oxygen atoms in total. The van der Waals surface area contributed by atoms with E-state index in [-0.39, 0.29) is 18.0 Å². The van der Waals surface area contributed by atoms with Crippen LogP contribution in [0.2, 0.25) is 0 Å². The molecule has 1 fully saturated rings. The van der Waals surface area contributed by atoms with Gasteiger partial charge in [0, 0.05) is 11.7 Å². The zero-order chi connectivity index (χ0) is 15.2. The molecule has 114 valence electrons. The van der Waals surface area contributed by atoms with Gasteiger partial charge in [-0.2, -0.15) is 0 Å². The molecule has 6 heteroatoms. The summed E-state index contributed by atoms with van der Waals surface area (Å²) in [7, 11) is 1.73. The van der Waals surface area contributed by atoms with Gasteiger partial charge in [0.2, 0.25) is 5.91 Å². The van der Waals surface area contributed by atoms with Crippen LogP contribution >= 0.6 is 0 Å². The Hall–Kier alpha value is -2.08. The first-order chi connectivity index (χ1) is 10.1. The van der Waals surface area contributed by atoms with Crippen LogP contribution in [0.5, 0.6) is 0 Å². The van der Waals surface area contributed by atoms with Crippen LogP contribution in [-0.2, 0) is 4.79 Å². The predicted octanol–water partition coefficient (Wildman–Crippen LogP) is 1.37. The van der Waals surface area contributed by atoms with Crippen LogP contribution in [-0.4, -0.2) is 31.6 Å². The van der Waals surface area contributed by atoms with Gasteiger partial charge in [0.15, 0.2) is 0 Å². The average Bonchev–Trinajstić information content (AvgIpc) is 3.23. The zero-order valence-electron chi connectivity index (χ0n) is 12.4. The minimum absolute atomic E-state index is 0.0454. The van der Waals surface area contributed by atoms with E-state index in [1.165, 1.54) is 0 Å². The van der Waals surface area contributed by atoms with Crippen molar-refractivity contribution in [3.8, 4) is 0 Å². The fourth-order valence-corrected chi connectivity index (χ4v) is 1.97. The van der Waals surface area contributed by atoms with Crippen molar-refractivity contribution >= 4 is 17.6 Å². The maximum absolute atomic E-state index is 11.6. The monoisotopic (exact) mass is 290 g/mol. The Morgan fingerprint density at radius 3 is 2.48 bits per heavy atom. The average molecular weight is 290 g/mol.